The topological polar surface area (TPSA) is 74.7 Å². The van der Waals surface area contributed by atoms with Crippen molar-refractivity contribution in [2.45, 2.75) is 6.61 Å². The SMILES string of the molecule is COc1ccc(OCc2nn3cc(N)nc3s2)cc1. The smallest absolute Gasteiger partial charge is 0.214 e. The number of ether oxygens (including phenoxy) is 2. The maximum atomic E-state index is 5.64. The van der Waals surface area contributed by atoms with Crippen LogP contribution in [0.15, 0.2) is 30.5 Å². The summed E-state index contributed by atoms with van der Waals surface area (Å²) in [6.07, 6.45) is 1.68. The molecule has 0 aliphatic heterocycles. The zero-order valence-corrected chi connectivity index (χ0v) is 11.1. The maximum absolute atomic E-state index is 5.64. The van der Waals surface area contributed by atoms with Crippen molar-refractivity contribution in [3.8, 4) is 11.5 Å². The highest BCUT2D eigenvalue weighted by molar-refractivity contribution is 7.16. The number of rotatable bonds is 4. The minimum atomic E-state index is 0.403. The fraction of sp³-hybridized carbons (Fsp3) is 0.167. The van der Waals surface area contributed by atoms with Gasteiger partial charge in [-0.25, -0.2) is 9.50 Å². The zero-order valence-electron chi connectivity index (χ0n) is 10.2. The number of nitrogen functional groups attached to an aromatic ring is 1. The Morgan fingerprint density at radius 2 is 2.00 bits per heavy atom. The van der Waals surface area contributed by atoms with Crippen LogP contribution in [0.1, 0.15) is 5.01 Å². The Labute approximate surface area is 113 Å². The second-order valence-corrected chi connectivity index (χ2v) is 4.89. The van der Waals surface area contributed by atoms with Crippen molar-refractivity contribution >= 4 is 22.1 Å². The molecule has 0 atom stereocenters. The van der Waals surface area contributed by atoms with E-state index in [1.165, 1.54) is 11.3 Å². The molecule has 0 aliphatic carbocycles. The molecule has 0 bridgehead atoms. The average Bonchev–Trinajstić information content (AvgIpc) is 2.93. The molecule has 0 aliphatic rings. The normalized spacial score (nSPS) is 10.8. The van der Waals surface area contributed by atoms with Gasteiger partial charge in [-0.15, -0.1) is 0 Å². The first-order valence-corrected chi connectivity index (χ1v) is 6.43. The second-order valence-electron chi connectivity index (χ2n) is 3.85. The largest absolute Gasteiger partial charge is 0.497 e. The number of methoxy groups -OCH3 is 1. The lowest BCUT2D eigenvalue weighted by atomic mass is 10.3. The Hall–Kier alpha value is -2.28. The van der Waals surface area contributed by atoms with Crippen LogP contribution in [0.5, 0.6) is 11.5 Å². The molecule has 2 aromatic heterocycles. The molecule has 0 radical (unpaired) electrons. The van der Waals surface area contributed by atoms with Crippen LogP contribution in [0.25, 0.3) is 4.96 Å². The summed E-state index contributed by atoms with van der Waals surface area (Å²) in [6.45, 7) is 0.403. The summed E-state index contributed by atoms with van der Waals surface area (Å²) >= 11 is 1.46. The first kappa shape index (κ1) is 11.8. The van der Waals surface area contributed by atoms with Gasteiger partial charge in [0.15, 0.2) is 5.01 Å². The second kappa shape index (κ2) is 4.77. The lowest BCUT2D eigenvalue weighted by Crippen LogP contribution is -1.96. The van der Waals surface area contributed by atoms with E-state index in [2.05, 4.69) is 10.1 Å². The molecule has 2 N–H and O–H groups in total. The molecule has 19 heavy (non-hydrogen) atoms. The first-order valence-electron chi connectivity index (χ1n) is 5.62. The summed E-state index contributed by atoms with van der Waals surface area (Å²) in [7, 11) is 1.63. The number of hydrogen-bond acceptors (Lipinski definition) is 6. The number of aromatic nitrogens is 3. The summed E-state index contributed by atoms with van der Waals surface area (Å²) in [5.41, 5.74) is 5.57. The third kappa shape index (κ3) is 2.45. The van der Waals surface area contributed by atoms with E-state index in [-0.39, 0.29) is 0 Å². The summed E-state index contributed by atoms with van der Waals surface area (Å²) in [6, 6.07) is 7.42. The van der Waals surface area contributed by atoms with Gasteiger partial charge in [-0.05, 0) is 24.3 Å². The van der Waals surface area contributed by atoms with Crippen molar-refractivity contribution in [3.63, 3.8) is 0 Å². The van der Waals surface area contributed by atoms with E-state index in [0.29, 0.717) is 12.4 Å². The van der Waals surface area contributed by atoms with Gasteiger partial charge in [-0.1, -0.05) is 11.3 Å². The van der Waals surface area contributed by atoms with Gasteiger partial charge >= 0.3 is 0 Å². The number of nitrogens with zero attached hydrogens (tertiary/aromatic N) is 3. The van der Waals surface area contributed by atoms with Crippen LogP contribution < -0.4 is 15.2 Å². The van der Waals surface area contributed by atoms with E-state index < -0.39 is 0 Å². The molecule has 0 unspecified atom stereocenters. The van der Waals surface area contributed by atoms with Crippen LogP contribution in [-0.2, 0) is 6.61 Å². The van der Waals surface area contributed by atoms with E-state index in [9.17, 15) is 0 Å². The molecule has 98 valence electrons. The summed E-state index contributed by atoms with van der Waals surface area (Å²) in [5, 5.41) is 5.17. The summed E-state index contributed by atoms with van der Waals surface area (Å²) in [5.74, 6) is 2.05. The fourth-order valence-corrected chi connectivity index (χ4v) is 2.43. The first-order chi connectivity index (χ1) is 9.24. The third-order valence-electron chi connectivity index (χ3n) is 2.53. The monoisotopic (exact) mass is 276 g/mol. The van der Waals surface area contributed by atoms with Crippen molar-refractivity contribution < 1.29 is 9.47 Å². The molecule has 0 saturated carbocycles. The molecule has 0 spiro atoms. The molecule has 3 aromatic rings. The van der Waals surface area contributed by atoms with Crippen LogP contribution in [0.4, 0.5) is 5.82 Å². The molecular weight excluding hydrogens is 264 g/mol. The predicted molar refractivity (Wildman–Crippen MR) is 72.6 cm³/mol. The lowest BCUT2D eigenvalue weighted by Gasteiger charge is -2.04. The number of imidazole rings is 1. The van der Waals surface area contributed by atoms with Crippen molar-refractivity contribution in [2.75, 3.05) is 12.8 Å². The van der Waals surface area contributed by atoms with Gasteiger partial charge in [0.1, 0.15) is 23.9 Å². The minimum Gasteiger partial charge on any atom is -0.497 e. The Kier molecular flexibility index (Phi) is 2.96. The van der Waals surface area contributed by atoms with Gasteiger partial charge in [0, 0.05) is 0 Å². The predicted octanol–water partition coefficient (Wildman–Crippen LogP) is 1.96. The van der Waals surface area contributed by atoms with Crippen LogP contribution >= 0.6 is 11.3 Å². The number of anilines is 1. The standard InChI is InChI=1S/C12H12N4O2S/c1-17-8-2-4-9(5-3-8)18-7-11-15-16-6-10(13)14-12(16)19-11/h2-6H,7,13H2,1H3. The summed E-state index contributed by atoms with van der Waals surface area (Å²) < 4.78 is 12.4. The molecule has 7 heteroatoms. The van der Waals surface area contributed by atoms with Crippen LogP contribution in [-0.4, -0.2) is 21.7 Å². The van der Waals surface area contributed by atoms with Crippen molar-refractivity contribution in [2.24, 2.45) is 0 Å². The van der Waals surface area contributed by atoms with Crippen molar-refractivity contribution in [1.29, 1.82) is 0 Å². The van der Waals surface area contributed by atoms with E-state index >= 15 is 0 Å². The Balaban J connectivity index is 1.68. The highest BCUT2D eigenvalue weighted by atomic mass is 32.1. The summed E-state index contributed by atoms with van der Waals surface area (Å²) in [4.78, 5) is 4.91. The van der Waals surface area contributed by atoms with Gasteiger partial charge in [0.2, 0.25) is 4.96 Å². The number of benzene rings is 1. The molecule has 2 heterocycles. The maximum Gasteiger partial charge on any atom is 0.214 e. The Morgan fingerprint density at radius 3 is 2.68 bits per heavy atom. The molecule has 1 aromatic carbocycles. The quantitative estimate of drug-likeness (QED) is 0.788. The van der Waals surface area contributed by atoms with Crippen molar-refractivity contribution in [3.05, 3.63) is 35.5 Å². The van der Waals surface area contributed by atoms with E-state index in [4.69, 9.17) is 15.2 Å². The highest BCUT2D eigenvalue weighted by Crippen LogP contribution is 2.20. The van der Waals surface area contributed by atoms with Gasteiger partial charge in [0.25, 0.3) is 0 Å². The fourth-order valence-electron chi connectivity index (χ4n) is 1.63. The Bertz CT molecular complexity index is 658. The van der Waals surface area contributed by atoms with Crippen molar-refractivity contribution in [1.82, 2.24) is 14.6 Å². The third-order valence-corrected chi connectivity index (χ3v) is 3.42. The van der Waals surface area contributed by atoms with Gasteiger partial charge < -0.3 is 15.2 Å². The van der Waals surface area contributed by atoms with Crippen LogP contribution in [0, 0.1) is 0 Å². The molecule has 0 fully saturated rings. The average molecular weight is 276 g/mol. The number of nitrogens with two attached hydrogens (primary N) is 1. The van der Waals surface area contributed by atoms with E-state index in [0.717, 1.165) is 21.5 Å². The molecule has 0 amide bonds. The molecule has 0 saturated heterocycles. The van der Waals surface area contributed by atoms with Gasteiger partial charge in [-0.3, -0.25) is 0 Å². The van der Waals surface area contributed by atoms with E-state index in [1.807, 2.05) is 24.3 Å². The molecule has 6 nitrogen and oxygen atoms in total. The highest BCUT2D eigenvalue weighted by Gasteiger charge is 2.07. The number of fused-ring (bicyclic) bond motifs is 1. The van der Waals surface area contributed by atoms with Gasteiger partial charge in [-0.2, -0.15) is 5.10 Å². The lowest BCUT2D eigenvalue weighted by molar-refractivity contribution is 0.303. The Morgan fingerprint density at radius 1 is 1.26 bits per heavy atom. The zero-order chi connectivity index (χ0) is 13.2. The van der Waals surface area contributed by atoms with Crippen LogP contribution in [0.3, 0.4) is 0 Å². The molecular formula is C12H12N4O2S. The number of hydrogen-bond donors (Lipinski definition) is 1. The minimum absolute atomic E-state index is 0.403. The van der Waals surface area contributed by atoms with E-state index in [1.54, 1.807) is 17.8 Å². The van der Waals surface area contributed by atoms with Crippen LogP contribution in [0.2, 0.25) is 0 Å². The molecule has 3 rings (SSSR count). The van der Waals surface area contributed by atoms with Gasteiger partial charge in [0.05, 0.1) is 13.3 Å².